The number of nitrogens with one attached hydrogen (secondary N) is 2. The van der Waals surface area contributed by atoms with Crippen molar-refractivity contribution in [1.29, 1.82) is 0 Å². The number of anilines is 1. The summed E-state index contributed by atoms with van der Waals surface area (Å²) in [6.07, 6.45) is 5.00. The molecule has 0 saturated heterocycles. The van der Waals surface area contributed by atoms with Crippen LogP contribution in [0.3, 0.4) is 0 Å². The number of fused-ring (bicyclic) bond motifs is 2. The van der Waals surface area contributed by atoms with Gasteiger partial charge in [0.05, 0.1) is 17.4 Å². The molecule has 0 bridgehead atoms. The Bertz CT molecular complexity index is 953. The quantitative estimate of drug-likeness (QED) is 0.591. The summed E-state index contributed by atoms with van der Waals surface area (Å²) < 4.78 is 1.44. The molecular weight excluding hydrogens is 266 g/mol. The van der Waals surface area contributed by atoms with E-state index in [1.807, 2.05) is 36.5 Å². The number of aromatic nitrogens is 4. The first-order valence-electron chi connectivity index (χ1n) is 6.49. The summed E-state index contributed by atoms with van der Waals surface area (Å²) in [5, 5.41) is 12.0. The summed E-state index contributed by atoms with van der Waals surface area (Å²) in [7, 11) is 0. The maximum absolute atomic E-state index is 12.5. The highest BCUT2D eigenvalue weighted by atomic mass is 16.1. The SMILES string of the molecule is O=C(Nc1cccc2[nH]ccc12)c1cnn2ncccc12. The van der Waals surface area contributed by atoms with Gasteiger partial charge in [0.1, 0.15) is 5.52 Å². The fourth-order valence-electron chi connectivity index (χ4n) is 2.39. The van der Waals surface area contributed by atoms with E-state index < -0.39 is 0 Å². The highest BCUT2D eigenvalue weighted by Crippen LogP contribution is 2.23. The first-order chi connectivity index (χ1) is 10.3. The van der Waals surface area contributed by atoms with Crippen LogP contribution >= 0.6 is 0 Å². The minimum absolute atomic E-state index is 0.202. The molecule has 3 heterocycles. The summed E-state index contributed by atoms with van der Waals surface area (Å²) in [6, 6.07) is 11.3. The van der Waals surface area contributed by atoms with E-state index in [1.54, 1.807) is 12.3 Å². The van der Waals surface area contributed by atoms with E-state index in [2.05, 4.69) is 20.5 Å². The van der Waals surface area contributed by atoms with E-state index in [-0.39, 0.29) is 5.91 Å². The zero-order valence-corrected chi connectivity index (χ0v) is 10.9. The number of carbonyl (C=O) groups is 1. The monoisotopic (exact) mass is 277 g/mol. The zero-order chi connectivity index (χ0) is 14.2. The number of rotatable bonds is 2. The third kappa shape index (κ3) is 1.85. The van der Waals surface area contributed by atoms with Crippen LogP contribution in [0.5, 0.6) is 0 Å². The Kier molecular flexibility index (Phi) is 2.47. The average molecular weight is 277 g/mol. The number of H-pyrrole nitrogens is 1. The molecule has 0 unspecified atom stereocenters. The summed E-state index contributed by atoms with van der Waals surface area (Å²) in [5.41, 5.74) is 2.92. The molecule has 6 heteroatoms. The lowest BCUT2D eigenvalue weighted by atomic mass is 10.2. The van der Waals surface area contributed by atoms with E-state index in [4.69, 9.17) is 0 Å². The molecule has 2 N–H and O–H groups in total. The van der Waals surface area contributed by atoms with Gasteiger partial charge in [-0.25, -0.2) is 0 Å². The van der Waals surface area contributed by atoms with Gasteiger partial charge in [0.15, 0.2) is 0 Å². The Hall–Kier alpha value is -3.15. The predicted octanol–water partition coefficient (Wildman–Crippen LogP) is 2.46. The molecule has 0 saturated carbocycles. The van der Waals surface area contributed by atoms with E-state index >= 15 is 0 Å². The minimum atomic E-state index is -0.202. The fourth-order valence-corrected chi connectivity index (χ4v) is 2.39. The average Bonchev–Trinajstić information content (AvgIpc) is 3.14. The van der Waals surface area contributed by atoms with Crippen molar-refractivity contribution in [3.05, 3.63) is 60.6 Å². The van der Waals surface area contributed by atoms with Crippen LogP contribution in [-0.4, -0.2) is 25.7 Å². The molecule has 0 aliphatic rings. The maximum atomic E-state index is 12.5. The Morgan fingerprint density at radius 1 is 1.14 bits per heavy atom. The normalized spacial score (nSPS) is 11.0. The second-order valence-corrected chi connectivity index (χ2v) is 4.66. The lowest BCUT2D eigenvalue weighted by Crippen LogP contribution is -2.11. The van der Waals surface area contributed by atoms with E-state index in [9.17, 15) is 4.79 Å². The van der Waals surface area contributed by atoms with Gasteiger partial charge in [-0.1, -0.05) is 6.07 Å². The number of carbonyl (C=O) groups excluding carboxylic acids is 1. The van der Waals surface area contributed by atoms with Crippen LogP contribution < -0.4 is 5.32 Å². The van der Waals surface area contributed by atoms with Gasteiger partial charge in [-0.3, -0.25) is 4.79 Å². The summed E-state index contributed by atoms with van der Waals surface area (Å²) in [5.74, 6) is -0.202. The molecule has 0 spiro atoms. The van der Waals surface area contributed by atoms with Gasteiger partial charge < -0.3 is 10.3 Å². The van der Waals surface area contributed by atoms with Crippen molar-refractivity contribution in [2.24, 2.45) is 0 Å². The molecule has 4 aromatic rings. The number of nitrogens with zero attached hydrogens (tertiary/aromatic N) is 3. The Labute approximate surface area is 119 Å². The van der Waals surface area contributed by atoms with Gasteiger partial charge in [-0.05, 0) is 30.3 Å². The third-order valence-corrected chi connectivity index (χ3v) is 3.39. The van der Waals surface area contributed by atoms with E-state index in [0.29, 0.717) is 11.1 Å². The fraction of sp³-hybridized carbons (Fsp3) is 0. The Morgan fingerprint density at radius 3 is 3.05 bits per heavy atom. The summed E-state index contributed by atoms with van der Waals surface area (Å²) >= 11 is 0. The molecule has 0 aliphatic heterocycles. The third-order valence-electron chi connectivity index (χ3n) is 3.39. The van der Waals surface area contributed by atoms with Crippen molar-refractivity contribution in [3.8, 4) is 0 Å². The van der Waals surface area contributed by atoms with Crippen LogP contribution in [0.15, 0.2) is 55.0 Å². The maximum Gasteiger partial charge on any atom is 0.259 e. The van der Waals surface area contributed by atoms with Gasteiger partial charge in [0, 0.05) is 23.3 Å². The molecule has 102 valence electrons. The van der Waals surface area contributed by atoms with Gasteiger partial charge >= 0.3 is 0 Å². The summed E-state index contributed by atoms with van der Waals surface area (Å²) in [6.45, 7) is 0. The second kappa shape index (κ2) is 4.45. The van der Waals surface area contributed by atoms with Crippen LogP contribution in [-0.2, 0) is 0 Å². The van der Waals surface area contributed by atoms with Gasteiger partial charge in [0.25, 0.3) is 5.91 Å². The number of amides is 1. The van der Waals surface area contributed by atoms with E-state index in [0.717, 1.165) is 16.6 Å². The van der Waals surface area contributed by atoms with Crippen LogP contribution in [0.1, 0.15) is 10.4 Å². The molecular formula is C15H11N5O. The van der Waals surface area contributed by atoms with Crippen molar-refractivity contribution in [2.45, 2.75) is 0 Å². The lowest BCUT2D eigenvalue weighted by molar-refractivity contribution is 0.102. The van der Waals surface area contributed by atoms with Crippen LogP contribution in [0, 0.1) is 0 Å². The van der Waals surface area contributed by atoms with Crippen LogP contribution in [0.2, 0.25) is 0 Å². The minimum Gasteiger partial charge on any atom is -0.361 e. The molecule has 0 aliphatic carbocycles. The van der Waals surface area contributed by atoms with Crippen molar-refractivity contribution < 1.29 is 4.79 Å². The van der Waals surface area contributed by atoms with Crippen molar-refractivity contribution in [1.82, 2.24) is 19.8 Å². The Morgan fingerprint density at radius 2 is 2.10 bits per heavy atom. The molecule has 1 amide bonds. The molecule has 21 heavy (non-hydrogen) atoms. The number of benzene rings is 1. The van der Waals surface area contributed by atoms with Crippen molar-refractivity contribution in [3.63, 3.8) is 0 Å². The largest absolute Gasteiger partial charge is 0.361 e. The van der Waals surface area contributed by atoms with Crippen LogP contribution in [0.25, 0.3) is 16.4 Å². The smallest absolute Gasteiger partial charge is 0.259 e. The first kappa shape index (κ1) is 11.7. The molecule has 4 rings (SSSR count). The topological polar surface area (TPSA) is 75.1 Å². The second-order valence-electron chi connectivity index (χ2n) is 4.66. The summed E-state index contributed by atoms with van der Waals surface area (Å²) in [4.78, 5) is 15.6. The van der Waals surface area contributed by atoms with Gasteiger partial charge in [-0.2, -0.15) is 14.8 Å². The zero-order valence-electron chi connectivity index (χ0n) is 10.9. The lowest BCUT2D eigenvalue weighted by Gasteiger charge is -2.05. The van der Waals surface area contributed by atoms with Crippen molar-refractivity contribution in [2.75, 3.05) is 5.32 Å². The highest BCUT2D eigenvalue weighted by Gasteiger charge is 2.14. The predicted molar refractivity (Wildman–Crippen MR) is 79.2 cm³/mol. The molecule has 6 nitrogen and oxygen atoms in total. The molecule has 1 aromatic carbocycles. The molecule has 3 aromatic heterocycles. The highest BCUT2D eigenvalue weighted by molar-refractivity contribution is 6.11. The number of hydrogen-bond donors (Lipinski definition) is 2. The van der Waals surface area contributed by atoms with Gasteiger partial charge in [0.2, 0.25) is 0 Å². The standard InChI is InChI=1S/C15H11N5O/c21-15(11-9-18-20-14(11)5-2-7-17-20)19-13-4-1-3-12-10(13)6-8-16-12/h1-9,16H,(H,19,21). The molecule has 0 atom stereocenters. The van der Waals surface area contributed by atoms with Crippen LogP contribution in [0.4, 0.5) is 5.69 Å². The van der Waals surface area contributed by atoms with Crippen molar-refractivity contribution >= 4 is 28.0 Å². The van der Waals surface area contributed by atoms with E-state index in [1.165, 1.54) is 10.8 Å². The van der Waals surface area contributed by atoms with Gasteiger partial charge in [-0.15, -0.1) is 0 Å². The first-order valence-corrected chi connectivity index (χ1v) is 6.49. The molecule has 0 radical (unpaired) electrons. The molecule has 0 fully saturated rings. The number of aromatic amines is 1. The Balaban J connectivity index is 1.74. The number of hydrogen-bond acceptors (Lipinski definition) is 3.